The van der Waals surface area contributed by atoms with Crippen molar-refractivity contribution in [2.45, 2.75) is 38.5 Å². The average molecular weight is 236 g/mol. The quantitative estimate of drug-likeness (QED) is 0.599. The van der Waals surface area contributed by atoms with Crippen molar-refractivity contribution in [2.75, 3.05) is 25.9 Å². The topological polar surface area (TPSA) is 58.2 Å². The van der Waals surface area contributed by atoms with E-state index in [-0.39, 0.29) is 5.25 Å². The van der Waals surface area contributed by atoms with E-state index in [1.165, 1.54) is 6.26 Å². The SMILES string of the molecule is CC(C)NCCCNCC(C)S(C)(=O)=O. The van der Waals surface area contributed by atoms with Gasteiger partial charge in [0.1, 0.15) is 0 Å². The monoisotopic (exact) mass is 236 g/mol. The first-order valence-corrected chi connectivity index (χ1v) is 7.42. The van der Waals surface area contributed by atoms with Crippen molar-refractivity contribution in [3.63, 3.8) is 0 Å². The van der Waals surface area contributed by atoms with Gasteiger partial charge in [-0.05, 0) is 26.4 Å². The second kappa shape index (κ2) is 7.19. The van der Waals surface area contributed by atoms with Gasteiger partial charge in [0.15, 0.2) is 9.84 Å². The van der Waals surface area contributed by atoms with Crippen LogP contribution in [0.15, 0.2) is 0 Å². The van der Waals surface area contributed by atoms with Crippen molar-refractivity contribution in [3.05, 3.63) is 0 Å². The third-order valence-electron chi connectivity index (χ3n) is 2.25. The molecule has 0 aromatic carbocycles. The van der Waals surface area contributed by atoms with Crippen molar-refractivity contribution < 1.29 is 8.42 Å². The number of hydrogen-bond donors (Lipinski definition) is 2. The van der Waals surface area contributed by atoms with E-state index in [1.54, 1.807) is 6.92 Å². The van der Waals surface area contributed by atoms with Gasteiger partial charge in [-0.2, -0.15) is 0 Å². The zero-order valence-electron chi connectivity index (χ0n) is 10.2. The molecule has 0 saturated heterocycles. The predicted octanol–water partition coefficient (Wildman–Crippen LogP) is 0.397. The summed E-state index contributed by atoms with van der Waals surface area (Å²) in [6.07, 6.45) is 2.30. The lowest BCUT2D eigenvalue weighted by Gasteiger charge is -2.11. The Hall–Kier alpha value is -0.130. The first kappa shape index (κ1) is 14.9. The molecule has 5 heteroatoms. The highest BCUT2D eigenvalue weighted by Crippen LogP contribution is 1.95. The molecule has 0 spiro atoms. The zero-order chi connectivity index (χ0) is 11.9. The fourth-order valence-corrected chi connectivity index (χ4v) is 1.48. The summed E-state index contributed by atoms with van der Waals surface area (Å²) < 4.78 is 22.2. The van der Waals surface area contributed by atoms with E-state index in [2.05, 4.69) is 24.5 Å². The van der Waals surface area contributed by atoms with E-state index in [1.807, 2.05) is 0 Å². The molecule has 0 saturated carbocycles. The summed E-state index contributed by atoms with van der Waals surface area (Å²) in [6.45, 7) is 8.32. The Bertz CT molecular complexity index is 250. The van der Waals surface area contributed by atoms with Gasteiger partial charge in [-0.15, -0.1) is 0 Å². The lowest BCUT2D eigenvalue weighted by atomic mass is 10.3. The highest BCUT2D eigenvalue weighted by atomic mass is 32.2. The van der Waals surface area contributed by atoms with Gasteiger partial charge >= 0.3 is 0 Å². The maximum absolute atomic E-state index is 11.1. The van der Waals surface area contributed by atoms with Gasteiger partial charge < -0.3 is 10.6 Å². The van der Waals surface area contributed by atoms with Crippen LogP contribution in [-0.4, -0.2) is 45.6 Å². The fraction of sp³-hybridized carbons (Fsp3) is 1.00. The Morgan fingerprint density at radius 1 is 1.13 bits per heavy atom. The molecule has 0 amide bonds. The summed E-state index contributed by atoms with van der Waals surface area (Å²) >= 11 is 0. The minimum absolute atomic E-state index is 0.296. The molecule has 92 valence electrons. The molecule has 0 radical (unpaired) electrons. The Kier molecular flexibility index (Phi) is 7.13. The smallest absolute Gasteiger partial charge is 0.151 e. The van der Waals surface area contributed by atoms with Gasteiger partial charge in [0.05, 0.1) is 5.25 Å². The molecule has 0 rings (SSSR count). The van der Waals surface area contributed by atoms with Crippen LogP contribution in [0.2, 0.25) is 0 Å². The standard InChI is InChI=1S/C10H24N2O2S/c1-9(2)12-7-5-6-11-8-10(3)15(4,13)14/h9-12H,5-8H2,1-4H3. The molecular formula is C10H24N2O2S. The molecule has 0 fully saturated rings. The van der Waals surface area contributed by atoms with E-state index in [9.17, 15) is 8.42 Å². The lowest BCUT2D eigenvalue weighted by molar-refractivity contribution is 0.541. The Labute approximate surface area is 93.7 Å². The molecule has 0 bridgehead atoms. The fourth-order valence-electron chi connectivity index (χ4n) is 1.06. The van der Waals surface area contributed by atoms with Crippen molar-refractivity contribution >= 4 is 9.84 Å². The van der Waals surface area contributed by atoms with Crippen LogP contribution in [0, 0.1) is 0 Å². The summed E-state index contributed by atoms with van der Waals surface area (Å²) in [4.78, 5) is 0. The van der Waals surface area contributed by atoms with Crippen molar-refractivity contribution in [3.8, 4) is 0 Å². The maximum atomic E-state index is 11.1. The predicted molar refractivity (Wildman–Crippen MR) is 64.9 cm³/mol. The molecule has 0 aromatic heterocycles. The molecule has 0 aliphatic heterocycles. The van der Waals surface area contributed by atoms with Gasteiger partial charge in [-0.3, -0.25) is 0 Å². The number of sulfone groups is 1. The van der Waals surface area contributed by atoms with E-state index in [0.717, 1.165) is 19.5 Å². The van der Waals surface area contributed by atoms with Crippen LogP contribution in [0.4, 0.5) is 0 Å². The molecule has 15 heavy (non-hydrogen) atoms. The van der Waals surface area contributed by atoms with E-state index in [0.29, 0.717) is 12.6 Å². The summed E-state index contributed by atoms with van der Waals surface area (Å²) in [6, 6.07) is 0.514. The van der Waals surface area contributed by atoms with E-state index in [4.69, 9.17) is 0 Å². The van der Waals surface area contributed by atoms with Crippen LogP contribution in [-0.2, 0) is 9.84 Å². The lowest BCUT2D eigenvalue weighted by Crippen LogP contribution is -2.32. The highest BCUT2D eigenvalue weighted by Gasteiger charge is 2.13. The number of nitrogens with one attached hydrogen (secondary N) is 2. The molecule has 1 unspecified atom stereocenters. The summed E-state index contributed by atoms with van der Waals surface area (Å²) in [5.74, 6) is 0. The Balaban J connectivity index is 3.40. The molecule has 0 aliphatic carbocycles. The molecule has 0 aromatic rings. The van der Waals surface area contributed by atoms with Crippen LogP contribution < -0.4 is 10.6 Å². The van der Waals surface area contributed by atoms with Gasteiger partial charge in [0.2, 0.25) is 0 Å². The van der Waals surface area contributed by atoms with Crippen molar-refractivity contribution in [2.24, 2.45) is 0 Å². The Morgan fingerprint density at radius 2 is 1.73 bits per heavy atom. The number of hydrogen-bond acceptors (Lipinski definition) is 4. The molecule has 0 heterocycles. The second-order valence-corrected chi connectivity index (χ2v) is 6.77. The van der Waals surface area contributed by atoms with Gasteiger partial charge in [0.25, 0.3) is 0 Å². The average Bonchev–Trinajstić information content (AvgIpc) is 2.08. The molecule has 4 nitrogen and oxygen atoms in total. The van der Waals surface area contributed by atoms with Gasteiger partial charge in [-0.1, -0.05) is 13.8 Å². The highest BCUT2D eigenvalue weighted by molar-refractivity contribution is 7.91. The minimum Gasteiger partial charge on any atom is -0.315 e. The van der Waals surface area contributed by atoms with Crippen LogP contribution in [0.5, 0.6) is 0 Å². The summed E-state index contributed by atoms with van der Waals surface area (Å²) in [5.41, 5.74) is 0. The normalized spacial score (nSPS) is 14.5. The van der Waals surface area contributed by atoms with Gasteiger partial charge in [-0.25, -0.2) is 8.42 Å². The van der Waals surface area contributed by atoms with Crippen LogP contribution in [0.3, 0.4) is 0 Å². The molecule has 2 N–H and O–H groups in total. The van der Waals surface area contributed by atoms with Gasteiger partial charge in [0, 0.05) is 18.8 Å². The van der Waals surface area contributed by atoms with Crippen LogP contribution >= 0.6 is 0 Å². The minimum atomic E-state index is -2.89. The van der Waals surface area contributed by atoms with Crippen LogP contribution in [0.1, 0.15) is 27.2 Å². The number of rotatable bonds is 8. The van der Waals surface area contributed by atoms with E-state index < -0.39 is 9.84 Å². The first-order chi connectivity index (χ1) is 6.84. The molecule has 0 aliphatic rings. The third-order valence-corrected chi connectivity index (χ3v) is 3.87. The summed E-state index contributed by atoms with van der Waals surface area (Å²) in [5, 5.41) is 6.16. The first-order valence-electron chi connectivity index (χ1n) is 5.47. The Morgan fingerprint density at radius 3 is 2.20 bits per heavy atom. The van der Waals surface area contributed by atoms with E-state index >= 15 is 0 Å². The van der Waals surface area contributed by atoms with Crippen molar-refractivity contribution in [1.29, 1.82) is 0 Å². The molecule has 1 atom stereocenters. The third kappa shape index (κ3) is 8.84. The maximum Gasteiger partial charge on any atom is 0.151 e. The largest absolute Gasteiger partial charge is 0.315 e. The zero-order valence-corrected chi connectivity index (χ0v) is 11.0. The van der Waals surface area contributed by atoms with Crippen molar-refractivity contribution in [1.82, 2.24) is 10.6 Å². The molecular weight excluding hydrogens is 212 g/mol. The van der Waals surface area contributed by atoms with Crippen LogP contribution in [0.25, 0.3) is 0 Å². The summed E-state index contributed by atoms with van der Waals surface area (Å²) in [7, 11) is -2.89. The second-order valence-electron chi connectivity index (χ2n) is 4.31.